The van der Waals surface area contributed by atoms with E-state index in [1.54, 1.807) is 12.1 Å². The van der Waals surface area contributed by atoms with Crippen LogP contribution < -0.4 is 0 Å². The van der Waals surface area contributed by atoms with E-state index < -0.39 is 0 Å². The van der Waals surface area contributed by atoms with E-state index >= 15 is 0 Å². The summed E-state index contributed by atoms with van der Waals surface area (Å²) in [6.07, 6.45) is 5.91. The fourth-order valence-corrected chi connectivity index (χ4v) is 1.60. The van der Waals surface area contributed by atoms with E-state index in [1.807, 2.05) is 6.08 Å². The van der Waals surface area contributed by atoms with Crippen molar-refractivity contribution in [2.45, 2.75) is 38.5 Å². The number of allylic oxidation sites excluding steroid dienone is 1. The quantitative estimate of drug-likeness (QED) is 0.391. The lowest BCUT2D eigenvalue weighted by Gasteiger charge is -2.08. The standard InChI is InChI=1S/C16H19F/c1-3-5-6-7-9-14(8-4-2)15-10-12-16(17)13-11-15/h4,10-14H,2-3,5-6,8H2,1H3. The number of benzene rings is 1. The highest BCUT2D eigenvalue weighted by Gasteiger charge is 2.06. The molecule has 0 aliphatic carbocycles. The summed E-state index contributed by atoms with van der Waals surface area (Å²) >= 11 is 0. The van der Waals surface area contributed by atoms with Crippen LogP contribution in [-0.4, -0.2) is 0 Å². The first-order valence-electron chi connectivity index (χ1n) is 6.12. The fourth-order valence-electron chi connectivity index (χ4n) is 1.60. The summed E-state index contributed by atoms with van der Waals surface area (Å²) in [7, 11) is 0. The summed E-state index contributed by atoms with van der Waals surface area (Å²) in [5.74, 6) is 6.38. The Bertz CT molecular complexity index is 392. The molecule has 0 aliphatic rings. The van der Waals surface area contributed by atoms with Gasteiger partial charge in [0.15, 0.2) is 0 Å². The average Bonchev–Trinajstić information content (AvgIpc) is 2.34. The lowest BCUT2D eigenvalue weighted by Crippen LogP contribution is -1.94. The molecule has 90 valence electrons. The third-order valence-electron chi connectivity index (χ3n) is 2.61. The summed E-state index contributed by atoms with van der Waals surface area (Å²) in [6.45, 7) is 5.90. The van der Waals surface area contributed by atoms with E-state index in [9.17, 15) is 4.39 Å². The first-order chi connectivity index (χ1) is 8.27. The summed E-state index contributed by atoms with van der Waals surface area (Å²) in [4.78, 5) is 0. The summed E-state index contributed by atoms with van der Waals surface area (Å²) in [5.41, 5.74) is 1.07. The smallest absolute Gasteiger partial charge is 0.123 e. The fraction of sp³-hybridized carbons (Fsp3) is 0.375. The van der Waals surface area contributed by atoms with Gasteiger partial charge in [-0.25, -0.2) is 4.39 Å². The van der Waals surface area contributed by atoms with Crippen LogP contribution in [0.1, 0.15) is 44.1 Å². The lowest BCUT2D eigenvalue weighted by molar-refractivity contribution is 0.626. The molecule has 0 aromatic heterocycles. The Kier molecular flexibility index (Phi) is 6.10. The highest BCUT2D eigenvalue weighted by molar-refractivity contribution is 5.29. The molecule has 0 saturated heterocycles. The Hall–Kier alpha value is -1.55. The number of unbranched alkanes of at least 4 members (excludes halogenated alkanes) is 2. The Balaban J connectivity index is 2.73. The van der Waals surface area contributed by atoms with Crippen molar-refractivity contribution in [1.29, 1.82) is 0 Å². The maximum absolute atomic E-state index is 12.8. The Labute approximate surface area is 104 Å². The van der Waals surface area contributed by atoms with Gasteiger partial charge in [-0.3, -0.25) is 0 Å². The van der Waals surface area contributed by atoms with E-state index in [0.29, 0.717) is 0 Å². The van der Waals surface area contributed by atoms with Gasteiger partial charge < -0.3 is 0 Å². The van der Waals surface area contributed by atoms with Gasteiger partial charge in [-0.15, -0.1) is 12.5 Å². The van der Waals surface area contributed by atoms with Crippen molar-refractivity contribution < 1.29 is 4.39 Å². The molecule has 1 rings (SSSR count). The van der Waals surface area contributed by atoms with Gasteiger partial charge >= 0.3 is 0 Å². The molecule has 0 nitrogen and oxygen atoms in total. The van der Waals surface area contributed by atoms with Crippen molar-refractivity contribution >= 4 is 0 Å². The zero-order chi connectivity index (χ0) is 12.5. The maximum Gasteiger partial charge on any atom is 0.123 e. The second-order valence-corrected chi connectivity index (χ2v) is 4.05. The molecule has 0 radical (unpaired) electrons. The molecule has 0 spiro atoms. The average molecular weight is 230 g/mol. The van der Waals surface area contributed by atoms with Gasteiger partial charge in [-0.2, -0.15) is 0 Å². The van der Waals surface area contributed by atoms with Crippen LogP contribution >= 0.6 is 0 Å². The lowest BCUT2D eigenvalue weighted by atomic mass is 9.96. The molecule has 1 unspecified atom stereocenters. The molecule has 17 heavy (non-hydrogen) atoms. The molecule has 1 aromatic rings. The molecule has 0 amide bonds. The van der Waals surface area contributed by atoms with E-state index in [-0.39, 0.29) is 11.7 Å². The van der Waals surface area contributed by atoms with Crippen LogP contribution in [0.5, 0.6) is 0 Å². The molecule has 0 saturated carbocycles. The predicted molar refractivity (Wildman–Crippen MR) is 71.3 cm³/mol. The topological polar surface area (TPSA) is 0 Å². The first-order valence-corrected chi connectivity index (χ1v) is 6.12. The predicted octanol–water partition coefficient (Wildman–Crippen LogP) is 4.68. The minimum absolute atomic E-state index is 0.143. The molecule has 0 heterocycles. The van der Waals surface area contributed by atoms with Crippen LogP contribution in [0.2, 0.25) is 0 Å². The van der Waals surface area contributed by atoms with Gasteiger partial charge in [0, 0.05) is 12.3 Å². The summed E-state index contributed by atoms with van der Waals surface area (Å²) < 4.78 is 12.8. The van der Waals surface area contributed by atoms with Crippen LogP contribution in [0.15, 0.2) is 36.9 Å². The molecule has 1 heteroatoms. The Morgan fingerprint density at radius 1 is 1.35 bits per heavy atom. The third kappa shape index (κ3) is 4.87. The SMILES string of the molecule is C=CCC(C#CCCCC)c1ccc(F)cc1. The van der Waals surface area contributed by atoms with E-state index in [4.69, 9.17) is 0 Å². The highest BCUT2D eigenvalue weighted by Crippen LogP contribution is 2.19. The van der Waals surface area contributed by atoms with Gasteiger partial charge in [0.25, 0.3) is 0 Å². The molecule has 0 bridgehead atoms. The van der Waals surface area contributed by atoms with Gasteiger partial charge in [0.05, 0.1) is 0 Å². The Morgan fingerprint density at radius 2 is 2.06 bits per heavy atom. The minimum Gasteiger partial charge on any atom is -0.207 e. The zero-order valence-corrected chi connectivity index (χ0v) is 10.4. The maximum atomic E-state index is 12.8. The normalized spacial score (nSPS) is 11.4. The minimum atomic E-state index is -0.204. The molecule has 0 fully saturated rings. The zero-order valence-electron chi connectivity index (χ0n) is 10.4. The van der Waals surface area contributed by atoms with Crippen molar-refractivity contribution in [3.05, 3.63) is 48.3 Å². The van der Waals surface area contributed by atoms with Crippen molar-refractivity contribution in [2.24, 2.45) is 0 Å². The van der Waals surface area contributed by atoms with Crippen molar-refractivity contribution in [2.75, 3.05) is 0 Å². The first kappa shape index (κ1) is 13.5. The van der Waals surface area contributed by atoms with Gasteiger partial charge in [-0.05, 0) is 30.5 Å². The number of rotatable bonds is 5. The second kappa shape index (κ2) is 7.68. The van der Waals surface area contributed by atoms with Crippen LogP contribution in [-0.2, 0) is 0 Å². The molecule has 0 aliphatic heterocycles. The number of hydrogen-bond acceptors (Lipinski definition) is 0. The van der Waals surface area contributed by atoms with Crippen LogP contribution in [0.25, 0.3) is 0 Å². The van der Waals surface area contributed by atoms with E-state index in [0.717, 1.165) is 31.2 Å². The summed E-state index contributed by atoms with van der Waals surface area (Å²) in [6, 6.07) is 6.58. The third-order valence-corrected chi connectivity index (χ3v) is 2.61. The van der Waals surface area contributed by atoms with Crippen molar-refractivity contribution in [3.63, 3.8) is 0 Å². The largest absolute Gasteiger partial charge is 0.207 e. The molecule has 0 N–H and O–H groups in total. The summed E-state index contributed by atoms with van der Waals surface area (Å²) in [5, 5.41) is 0. The van der Waals surface area contributed by atoms with Crippen LogP contribution in [0.3, 0.4) is 0 Å². The highest BCUT2D eigenvalue weighted by atomic mass is 19.1. The number of hydrogen-bond donors (Lipinski definition) is 0. The molecule has 1 aromatic carbocycles. The monoisotopic (exact) mass is 230 g/mol. The van der Waals surface area contributed by atoms with E-state index in [2.05, 4.69) is 25.3 Å². The van der Waals surface area contributed by atoms with Crippen molar-refractivity contribution in [1.82, 2.24) is 0 Å². The van der Waals surface area contributed by atoms with Gasteiger partial charge in [0.2, 0.25) is 0 Å². The molecular weight excluding hydrogens is 211 g/mol. The van der Waals surface area contributed by atoms with Crippen molar-refractivity contribution in [3.8, 4) is 11.8 Å². The van der Waals surface area contributed by atoms with Crippen LogP contribution in [0, 0.1) is 17.7 Å². The molecule has 1 atom stereocenters. The van der Waals surface area contributed by atoms with Gasteiger partial charge in [0.1, 0.15) is 5.82 Å². The van der Waals surface area contributed by atoms with Gasteiger partial charge in [-0.1, -0.05) is 37.5 Å². The second-order valence-electron chi connectivity index (χ2n) is 4.05. The number of halogens is 1. The molecular formula is C16H19F. The van der Waals surface area contributed by atoms with E-state index in [1.165, 1.54) is 12.1 Å². The Morgan fingerprint density at radius 3 is 2.65 bits per heavy atom. The van der Waals surface area contributed by atoms with Crippen LogP contribution in [0.4, 0.5) is 4.39 Å².